The average molecular weight is 398 g/mol. The number of aromatic nitrogens is 2. The number of hydrogen-bond acceptors (Lipinski definition) is 6. The summed E-state index contributed by atoms with van der Waals surface area (Å²) in [5, 5.41) is 4.17. The summed E-state index contributed by atoms with van der Waals surface area (Å²) in [6.45, 7) is 4.10. The molecule has 3 heterocycles. The van der Waals surface area contributed by atoms with Gasteiger partial charge in [0.05, 0.1) is 7.11 Å². The Morgan fingerprint density at radius 3 is 2.72 bits per heavy atom. The predicted octanol–water partition coefficient (Wildman–Crippen LogP) is 2.32. The first kappa shape index (κ1) is 19.4. The van der Waals surface area contributed by atoms with Crippen molar-refractivity contribution in [3.05, 3.63) is 41.5 Å². The highest BCUT2D eigenvalue weighted by Gasteiger charge is 2.35. The van der Waals surface area contributed by atoms with Crippen molar-refractivity contribution in [2.24, 2.45) is 0 Å². The van der Waals surface area contributed by atoms with E-state index in [1.807, 2.05) is 34.1 Å². The second-order valence-electron chi connectivity index (χ2n) is 7.76. The molecule has 8 nitrogen and oxygen atoms in total. The zero-order chi connectivity index (χ0) is 20.4. The van der Waals surface area contributed by atoms with Crippen LogP contribution < -0.4 is 4.74 Å². The molecule has 2 aliphatic heterocycles. The molecule has 0 aliphatic carbocycles. The molecule has 1 aromatic carbocycles. The van der Waals surface area contributed by atoms with Gasteiger partial charge in [-0.3, -0.25) is 9.59 Å². The molecule has 0 spiro atoms. The van der Waals surface area contributed by atoms with Crippen molar-refractivity contribution in [1.82, 2.24) is 19.9 Å². The van der Waals surface area contributed by atoms with E-state index in [2.05, 4.69) is 10.1 Å². The average Bonchev–Trinajstić information content (AvgIpc) is 3.36. The number of hydrogen-bond donors (Lipinski definition) is 0. The van der Waals surface area contributed by atoms with Gasteiger partial charge in [0.15, 0.2) is 5.82 Å². The number of amides is 2. The van der Waals surface area contributed by atoms with Crippen LogP contribution in [0.2, 0.25) is 0 Å². The van der Waals surface area contributed by atoms with Gasteiger partial charge in [0.1, 0.15) is 5.75 Å². The van der Waals surface area contributed by atoms with E-state index in [1.165, 1.54) is 0 Å². The van der Waals surface area contributed by atoms with Gasteiger partial charge in [0.25, 0.3) is 0 Å². The van der Waals surface area contributed by atoms with Gasteiger partial charge in [-0.2, -0.15) is 4.98 Å². The van der Waals surface area contributed by atoms with Crippen LogP contribution in [0.1, 0.15) is 55.3 Å². The van der Waals surface area contributed by atoms with Gasteiger partial charge in [-0.15, -0.1) is 0 Å². The summed E-state index contributed by atoms with van der Waals surface area (Å²) in [4.78, 5) is 32.3. The van der Waals surface area contributed by atoms with Gasteiger partial charge < -0.3 is 19.1 Å². The molecule has 8 heteroatoms. The van der Waals surface area contributed by atoms with Crippen LogP contribution >= 0.6 is 0 Å². The van der Waals surface area contributed by atoms with Crippen LogP contribution in [0, 0.1) is 0 Å². The molecule has 2 aliphatic rings. The smallest absolute Gasteiger partial charge is 0.229 e. The molecule has 4 rings (SSSR count). The lowest BCUT2D eigenvalue weighted by Gasteiger charge is -2.29. The lowest BCUT2D eigenvalue weighted by atomic mass is 9.96. The van der Waals surface area contributed by atoms with Gasteiger partial charge in [-0.1, -0.05) is 23.4 Å². The number of ether oxygens (including phenoxy) is 1. The monoisotopic (exact) mass is 398 g/mol. The molecule has 0 radical (unpaired) electrons. The number of piperidine rings is 1. The lowest BCUT2D eigenvalue weighted by Crippen LogP contribution is -2.36. The Labute approximate surface area is 169 Å². The molecule has 0 N–H and O–H groups in total. The summed E-state index contributed by atoms with van der Waals surface area (Å²) >= 11 is 0. The first-order valence-electron chi connectivity index (χ1n) is 10.0. The Bertz CT molecular complexity index is 888. The first-order valence-corrected chi connectivity index (χ1v) is 10.0. The summed E-state index contributed by atoms with van der Waals surface area (Å²) in [6, 6.07) is 7.73. The van der Waals surface area contributed by atoms with Crippen molar-refractivity contribution in [2.45, 2.75) is 44.6 Å². The molecule has 1 aromatic heterocycles. The maximum absolute atomic E-state index is 12.5. The number of likely N-dealkylation sites (tertiary alicyclic amines) is 2. The Hall–Kier alpha value is -2.90. The number of para-hydroxylation sites is 1. The van der Waals surface area contributed by atoms with Crippen molar-refractivity contribution in [3.8, 4) is 5.75 Å². The van der Waals surface area contributed by atoms with Crippen molar-refractivity contribution < 1.29 is 18.8 Å². The standard InChI is InChI=1S/C21H26N4O4/c1-14(26)24-9-7-15(8-10-24)21-22-20(23-29-21)17-11-19(27)25(13-17)12-16-5-3-4-6-18(16)28-2/h3-6,15,17H,7-13H2,1-2H3. The van der Waals surface area contributed by atoms with Gasteiger partial charge >= 0.3 is 0 Å². The highest BCUT2D eigenvalue weighted by Crippen LogP contribution is 2.32. The summed E-state index contributed by atoms with van der Waals surface area (Å²) in [5.74, 6) is 2.31. The molecule has 2 fully saturated rings. The quantitative estimate of drug-likeness (QED) is 0.768. The van der Waals surface area contributed by atoms with E-state index >= 15 is 0 Å². The molecule has 2 saturated heterocycles. The van der Waals surface area contributed by atoms with E-state index in [1.54, 1.807) is 14.0 Å². The molecule has 0 saturated carbocycles. The SMILES string of the molecule is COc1ccccc1CN1CC(c2noc(C3CCN(C(C)=O)CC3)n2)CC1=O. The number of carbonyl (C=O) groups excluding carboxylic acids is 2. The fourth-order valence-corrected chi connectivity index (χ4v) is 4.16. The molecular weight excluding hydrogens is 372 g/mol. The van der Waals surface area contributed by atoms with E-state index in [9.17, 15) is 9.59 Å². The maximum Gasteiger partial charge on any atom is 0.229 e. The lowest BCUT2D eigenvalue weighted by molar-refractivity contribution is -0.130. The number of methoxy groups -OCH3 is 1. The number of nitrogens with zero attached hydrogens (tertiary/aromatic N) is 4. The van der Waals surface area contributed by atoms with Gasteiger partial charge in [0.2, 0.25) is 17.7 Å². The van der Waals surface area contributed by atoms with Crippen LogP contribution in [-0.4, -0.2) is 58.5 Å². The van der Waals surface area contributed by atoms with Crippen LogP contribution in [0.5, 0.6) is 5.75 Å². The van der Waals surface area contributed by atoms with Crippen molar-refractivity contribution in [2.75, 3.05) is 26.7 Å². The Balaban J connectivity index is 1.39. The fourth-order valence-electron chi connectivity index (χ4n) is 4.16. The van der Waals surface area contributed by atoms with Crippen molar-refractivity contribution in [3.63, 3.8) is 0 Å². The Kier molecular flexibility index (Phi) is 5.51. The van der Waals surface area contributed by atoms with Gasteiger partial charge in [0, 0.05) is 56.9 Å². The van der Waals surface area contributed by atoms with Crippen molar-refractivity contribution in [1.29, 1.82) is 0 Å². The number of rotatable bonds is 5. The minimum Gasteiger partial charge on any atom is -0.496 e. The van der Waals surface area contributed by atoms with Crippen LogP contribution in [0.3, 0.4) is 0 Å². The Morgan fingerprint density at radius 1 is 1.24 bits per heavy atom. The number of carbonyl (C=O) groups is 2. The molecule has 1 atom stereocenters. The maximum atomic E-state index is 12.5. The second kappa shape index (κ2) is 8.23. The molecule has 2 aromatic rings. The van der Waals surface area contributed by atoms with Gasteiger partial charge in [-0.05, 0) is 18.9 Å². The minimum absolute atomic E-state index is 0.0629. The third kappa shape index (κ3) is 4.11. The van der Waals surface area contributed by atoms with E-state index in [0.29, 0.717) is 44.3 Å². The summed E-state index contributed by atoms with van der Waals surface area (Å²) in [5.41, 5.74) is 0.982. The van der Waals surface area contributed by atoms with Crippen molar-refractivity contribution >= 4 is 11.8 Å². The van der Waals surface area contributed by atoms with Crippen LogP contribution in [0.4, 0.5) is 0 Å². The largest absolute Gasteiger partial charge is 0.496 e. The van der Waals surface area contributed by atoms with Crippen LogP contribution in [-0.2, 0) is 16.1 Å². The molecule has 2 amide bonds. The number of benzene rings is 1. The van der Waals surface area contributed by atoms with E-state index < -0.39 is 0 Å². The summed E-state index contributed by atoms with van der Waals surface area (Å²) in [6.07, 6.45) is 2.03. The molecule has 1 unspecified atom stereocenters. The summed E-state index contributed by atoms with van der Waals surface area (Å²) < 4.78 is 10.9. The zero-order valence-corrected chi connectivity index (χ0v) is 16.8. The zero-order valence-electron chi connectivity index (χ0n) is 16.8. The second-order valence-corrected chi connectivity index (χ2v) is 7.76. The van der Waals surface area contributed by atoms with E-state index in [-0.39, 0.29) is 23.7 Å². The van der Waals surface area contributed by atoms with Crippen LogP contribution in [0.25, 0.3) is 0 Å². The third-order valence-electron chi connectivity index (χ3n) is 5.88. The van der Waals surface area contributed by atoms with E-state index in [0.717, 1.165) is 24.2 Å². The molecule has 0 bridgehead atoms. The highest BCUT2D eigenvalue weighted by atomic mass is 16.5. The first-order chi connectivity index (χ1) is 14.0. The topological polar surface area (TPSA) is 88.8 Å². The molecular formula is C21H26N4O4. The fraction of sp³-hybridized carbons (Fsp3) is 0.524. The Morgan fingerprint density at radius 2 is 2.00 bits per heavy atom. The third-order valence-corrected chi connectivity index (χ3v) is 5.88. The molecule has 29 heavy (non-hydrogen) atoms. The van der Waals surface area contributed by atoms with E-state index in [4.69, 9.17) is 9.26 Å². The normalized spacial score (nSPS) is 20.3. The van der Waals surface area contributed by atoms with Gasteiger partial charge in [-0.25, -0.2) is 0 Å². The summed E-state index contributed by atoms with van der Waals surface area (Å²) in [7, 11) is 1.63. The molecule has 154 valence electrons. The predicted molar refractivity (Wildman–Crippen MR) is 104 cm³/mol. The minimum atomic E-state index is -0.0629. The van der Waals surface area contributed by atoms with Crippen LogP contribution in [0.15, 0.2) is 28.8 Å². The highest BCUT2D eigenvalue weighted by molar-refractivity contribution is 5.79.